The van der Waals surface area contributed by atoms with Crippen molar-refractivity contribution in [1.82, 2.24) is 14.9 Å². The Morgan fingerprint density at radius 3 is 2.59 bits per heavy atom. The lowest BCUT2D eigenvalue weighted by atomic mass is 9.97. The number of benzene rings is 2. The van der Waals surface area contributed by atoms with Gasteiger partial charge in [-0.05, 0) is 50.1 Å². The molecule has 4 rings (SSSR count). The summed E-state index contributed by atoms with van der Waals surface area (Å²) in [4.78, 5) is 1.98. The summed E-state index contributed by atoms with van der Waals surface area (Å²) in [6.45, 7) is 6.26. The summed E-state index contributed by atoms with van der Waals surface area (Å²) in [5.74, 6) is 0.447. The van der Waals surface area contributed by atoms with Crippen molar-refractivity contribution >= 4 is 32.3 Å². The van der Waals surface area contributed by atoms with Crippen molar-refractivity contribution in [2.45, 2.75) is 33.0 Å². The number of alkyl halides is 3. The second-order valence-corrected chi connectivity index (χ2v) is 10.4. The van der Waals surface area contributed by atoms with E-state index in [1.165, 1.54) is 13.0 Å². The van der Waals surface area contributed by atoms with Crippen molar-refractivity contribution in [2.24, 2.45) is 0 Å². The fourth-order valence-corrected chi connectivity index (χ4v) is 5.31. The van der Waals surface area contributed by atoms with E-state index in [1.54, 1.807) is 13.0 Å². The second kappa shape index (κ2) is 9.03. The quantitative estimate of drug-likeness (QED) is 0.567. The number of hydrogen-bond donors (Lipinski definition) is 2. The summed E-state index contributed by atoms with van der Waals surface area (Å²) in [6.07, 6.45) is -4.43. The number of halogens is 3. The topological polar surface area (TPSA) is 87.2 Å². The van der Waals surface area contributed by atoms with Crippen LogP contribution >= 0.6 is 0 Å². The number of sulfonamides is 1. The Hall–Kier alpha value is -2.92. The monoisotopic (exact) mass is 493 g/mol. The van der Waals surface area contributed by atoms with E-state index in [2.05, 4.69) is 20.2 Å². The Balaban J connectivity index is 1.69. The van der Waals surface area contributed by atoms with Gasteiger partial charge in [0.15, 0.2) is 5.82 Å². The second-order valence-electron chi connectivity index (χ2n) is 8.45. The smallest absolute Gasteiger partial charge is 0.369 e. The normalized spacial score (nSPS) is 17.4. The third-order valence-corrected chi connectivity index (χ3v) is 7.51. The van der Waals surface area contributed by atoms with Gasteiger partial charge in [0.25, 0.3) is 0 Å². The summed E-state index contributed by atoms with van der Waals surface area (Å²) in [7, 11) is -3.29. The first-order valence-corrected chi connectivity index (χ1v) is 12.5. The molecule has 1 aromatic heterocycles. The summed E-state index contributed by atoms with van der Waals surface area (Å²) in [5, 5.41) is 13.4. The Morgan fingerprint density at radius 2 is 1.85 bits per heavy atom. The number of aryl methyl sites for hydroxylation is 1. The predicted octanol–water partition coefficient (Wildman–Crippen LogP) is 4.18. The highest BCUT2D eigenvalue weighted by Crippen LogP contribution is 2.36. The van der Waals surface area contributed by atoms with Gasteiger partial charge in [-0.2, -0.15) is 18.3 Å². The highest BCUT2D eigenvalue weighted by atomic mass is 32.2. The SMILES string of the molecule is Cc1c([C@@H](C)Nc2nnc(C)c3ccc(N4CCNS(=O)(=O)CC4)cc23)cccc1C(F)(F)F. The van der Waals surface area contributed by atoms with E-state index in [0.29, 0.717) is 31.0 Å². The predicted molar refractivity (Wildman–Crippen MR) is 126 cm³/mol. The van der Waals surface area contributed by atoms with E-state index in [1.807, 2.05) is 30.0 Å². The zero-order valence-corrected chi connectivity index (χ0v) is 19.9. The number of nitrogens with zero attached hydrogens (tertiary/aromatic N) is 3. The first kappa shape index (κ1) is 24.2. The van der Waals surface area contributed by atoms with Crippen LogP contribution in [0.15, 0.2) is 36.4 Å². The average molecular weight is 494 g/mol. The van der Waals surface area contributed by atoms with Gasteiger partial charge < -0.3 is 10.2 Å². The molecule has 11 heteroatoms. The van der Waals surface area contributed by atoms with Crippen molar-refractivity contribution in [3.8, 4) is 0 Å². The third kappa shape index (κ3) is 4.95. The molecule has 1 atom stereocenters. The van der Waals surface area contributed by atoms with Crippen LogP contribution in [-0.4, -0.2) is 44.0 Å². The van der Waals surface area contributed by atoms with Gasteiger partial charge >= 0.3 is 6.18 Å². The molecule has 34 heavy (non-hydrogen) atoms. The zero-order chi connectivity index (χ0) is 24.7. The van der Waals surface area contributed by atoms with Crippen LogP contribution < -0.4 is 14.9 Å². The average Bonchev–Trinajstić information content (AvgIpc) is 2.95. The van der Waals surface area contributed by atoms with Crippen LogP contribution in [0.3, 0.4) is 0 Å². The molecule has 7 nitrogen and oxygen atoms in total. The van der Waals surface area contributed by atoms with Gasteiger partial charge in [-0.15, -0.1) is 5.10 Å². The highest BCUT2D eigenvalue weighted by Gasteiger charge is 2.33. The largest absolute Gasteiger partial charge is 0.416 e. The zero-order valence-electron chi connectivity index (χ0n) is 19.1. The first-order chi connectivity index (χ1) is 16.0. The molecule has 182 valence electrons. The number of hydrogen-bond acceptors (Lipinski definition) is 6. The van der Waals surface area contributed by atoms with Gasteiger partial charge in [-0.1, -0.05) is 18.2 Å². The van der Waals surface area contributed by atoms with Gasteiger partial charge in [0.2, 0.25) is 10.0 Å². The standard InChI is InChI=1S/C23H26F3N5O2S/c1-14-18(5-4-6-21(14)23(24,25)26)15(2)28-22-20-13-17(7-8-19(20)16(3)29-30-22)31-10-9-27-34(32,33)12-11-31/h4-8,13,15,27H,9-12H2,1-3H3,(H,28,30)/t15-/m1/s1. The van der Waals surface area contributed by atoms with Crippen LogP contribution in [0.4, 0.5) is 24.7 Å². The summed E-state index contributed by atoms with van der Waals surface area (Å²) < 4.78 is 66.5. The Bertz CT molecular complexity index is 1330. The molecule has 2 aromatic carbocycles. The number of aromatic nitrogens is 2. The third-order valence-electron chi connectivity index (χ3n) is 6.15. The van der Waals surface area contributed by atoms with Crippen molar-refractivity contribution in [1.29, 1.82) is 0 Å². The highest BCUT2D eigenvalue weighted by molar-refractivity contribution is 7.89. The fourth-order valence-electron chi connectivity index (χ4n) is 4.30. The van der Waals surface area contributed by atoms with Crippen LogP contribution in [0.25, 0.3) is 10.8 Å². The van der Waals surface area contributed by atoms with E-state index < -0.39 is 27.8 Å². The van der Waals surface area contributed by atoms with E-state index in [4.69, 9.17) is 0 Å². The molecule has 0 unspecified atom stereocenters. The minimum absolute atomic E-state index is 0.00434. The van der Waals surface area contributed by atoms with Crippen molar-refractivity contribution < 1.29 is 21.6 Å². The number of fused-ring (bicyclic) bond motifs is 1. The van der Waals surface area contributed by atoms with Gasteiger partial charge in [0.1, 0.15) is 0 Å². The van der Waals surface area contributed by atoms with Gasteiger partial charge in [0.05, 0.1) is 23.1 Å². The molecule has 2 heterocycles. The molecule has 0 amide bonds. The van der Waals surface area contributed by atoms with E-state index in [9.17, 15) is 21.6 Å². The van der Waals surface area contributed by atoms with Gasteiger partial charge in [0, 0.05) is 36.1 Å². The van der Waals surface area contributed by atoms with Crippen LogP contribution in [0, 0.1) is 13.8 Å². The molecule has 0 aliphatic carbocycles. The van der Waals surface area contributed by atoms with Gasteiger partial charge in [-0.25, -0.2) is 13.1 Å². The molecular formula is C23H26F3N5O2S. The molecule has 1 aliphatic rings. The molecule has 1 fully saturated rings. The molecular weight excluding hydrogens is 467 g/mol. The Kier molecular flexibility index (Phi) is 6.43. The Labute approximate surface area is 196 Å². The molecule has 0 bridgehead atoms. The van der Waals surface area contributed by atoms with Crippen LogP contribution in [0.1, 0.15) is 35.3 Å². The summed E-state index contributed by atoms with van der Waals surface area (Å²) in [6, 6.07) is 9.44. The molecule has 0 saturated carbocycles. The number of nitrogens with one attached hydrogen (secondary N) is 2. The molecule has 3 aromatic rings. The van der Waals surface area contributed by atoms with E-state index in [-0.39, 0.29) is 11.3 Å². The lowest BCUT2D eigenvalue weighted by Gasteiger charge is -2.23. The van der Waals surface area contributed by atoms with Crippen molar-refractivity contribution in [3.63, 3.8) is 0 Å². The molecule has 2 N–H and O–H groups in total. The van der Waals surface area contributed by atoms with Crippen molar-refractivity contribution in [3.05, 3.63) is 58.8 Å². The van der Waals surface area contributed by atoms with Gasteiger partial charge in [-0.3, -0.25) is 0 Å². The lowest BCUT2D eigenvalue weighted by molar-refractivity contribution is -0.138. The summed E-state index contributed by atoms with van der Waals surface area (Å²) in [5.41, 5.74) is 1.58. The number of rotatable bonds is 4. The lowest BCUT2D eigenvalue weighted by Crippen LogP contribution is -2.28. The minimum Gasteiger partial charge on any atom is -0.369 e. The number of anilines is 2. The van der Waals surface area contributed by atoms with Crippen LogP contribution in [0.2, 0.25) is 0 Å². The first-order valence-electron chi connectivity index (χ1n) is 10.9. The molecule has 0 spiro atoms. The fraction of sp³-hybridized carbons (Fsp3) is 0.391. The maximum absolute atomic E-state index is 13.4. The van der Waals surface area contributed by atoms with Crippen LogP contribution in [-0.2, 0) is 16.2 Å². The Morgan fingerprint density at radius 1 is 1.09 bits per heavy atom. The maximum Gasteiger partial charge on any atom is 0.416 e. The molecule has 1 aliphatic heterocycles. The van der Waals surface area contributed by atoms with Crippen molar-refractivity contribution in [2.75, 3.05) is 35.6 Å². The van der Waals surface area contributed by atoms with E-state index >= 15 is 0 Å². The van der Waals surface area contributed by atoms with E-state index in [0.717, 1.165) is 28.2 Å². The van der Waals surface area contributed by atoms with Crippen LogP contribution in [0.5, 0.6) is 0 Å². The summed E-state index contributed by atoms with van der Waals surface area (Å²) >= 11 is 0. The molecule has 0 radical (unpaired) electrons. The molecule has 1 saturated heterocycles. The minimum atomic E-state index is -4.43. The maximum atomic E-state index is 13.4.